The zero-order chi connectivity index (χ0) is 6.41. The predicted molar refractivity (Wildman–Crippen MR) is 15.4 cm³/mol. The predicted octanol–water partition coefficient (Wildman–Crippen LogP) is -3.83. The Morgan fingerprint density at radius 3 is 0.625 bits per heavy atom. The van der Waals surface area contributed by atoms with Crippen LogP contribution in [0.15, 0.2) is 0 Å². The van der Waals surface area contributed by atoms with Gasteiger partial charge in [0.1, 0.15) is 0 Å². The van der Waals surface area contributed by atoms with Gasteiger partial charge in [-0.2, -0.15) is 0 Å². The van der Waals surface area contributed by atoms with E-state index in [0.717, 1.165) is 0 Å². The van der Waals surface area contributed by atoms with Gasteiger partial charge in [0.05, 0.1) is 0 Å². The Morgan fingerprint density at radius 1 is 0.625 bits per heavy atom. The molecule has 0 fully saturated rings. The molecule has 7 nitrogen and oxygen atoms in total. The topological polar surface area (TPSA) is 152 Å². The van der Waals surface area contributed by atoms with Crippen LogP contribution in [0.4, 0.5) is 0 Å². The van der Waals surface area contributed by atoms with E-state index in [1.807, 2.05) is 0 Å². The van der Waals surface area contributed by atoms with Crippen LogP contribution in [0.1, 0.15) is 0 Å². The van der Waals surface area contributed by atoms with Gasteiger partial charge in [-0.15, -0.1) is 0 Å². The molecule has 0 spiro atoms. The summed E-state index contributed by atoms with van der Waals surface area (Å²) in [7, 11) is 0. The molecular formula is H6NO6Pt. The number of hydrogen-bond donors (Lipinski definition) is 6. The molecule has 6 N–H and O–H groups in total. The van der Waals surface area contributed by atoms with Gasteiger partial charge in [-0.1, -0.05) is 0 Å². The molecule has 8 heteroatoms. The molecule has 0 atom stereocenters. The van der Waals surface area contributed by atoms with Crippen molar-refractivity contribution in [3.8, 4) is 0 Å². The first-order chi connectivity index (χ1) is 2.45. The van der Waals surface area contributed by atoms with Crippen LogP contribution >= 0.6 is 0 Å². The number of rotatable bonds is 0. The van der Waals surface area contributed by atoms with Crippen LogP contribution in [0.25, 0.3) is 0 Å². The van der Waals surface area contributed by atoms with Crippen LogP contribution in [0.3, 0.4) is 0 Å². The zero-order valence-electron chi connectivity index (χ0n) is 3.45. The van der Waals surface area contributed by atoms with Gasteiger partial charge in [-0.25, -0.2) is 0 Å². The Balaban J connectivity index is 0. The van der Waals surface area contributed by atoms with Gasteiger partial charge >= 0.3 is 38.4 Å². The van der Waals surface area contributed by atoms with Crippen molar-refractivity contribution in [3.63, 3.8) is 0 Å². The van der Waals surface area contributed by atoms with E-state index < -0.39 is 15.8 Å². The summed E-state index contributed by atoms with van der Waals surface area (Å²) in [5.41, 5.74) is 0. The van der Waals surface area contributed by atoms with Gasteiger partial charge in [0.15, 0.2) is 0 Å². The van der Waals surface area contributed by atoms with E-state index in [9.17, 15) is 0 Å². The molecule has 0 aromatic rings. The average Bonchev–Trinajstić information content (AvgIpc) is 0.592. The Kier molecular flexibility index (Phi) is 1.80. The second-order valence-electron chi connectivity index (χ2n) is 0.949. The summed E-state index contributed by atoms with van der Waals surface area (Å²) in [5.74, 6) is 0. The van der Waals surface area contributed by atoms with Crippen LogP contribution in [-0.2, 0) is 15.8 Å². The van der Waals surface area contributed by atoms with Crippen LogP contribution in [0.5, 0.6) is 0 Å². The molecule has 0 rings (SSSR count). The van der Waals surface area contributed by atoms with Crippen molar-refractivity contribution in [2.24, 2.45) is 0 Å². The monoisotopic (exact) mass is 311 g/mol. The maximum atomic E-state index is 7.41. The SMILES string of the molecule is [N].[OH][Pt]([OH])([OH])([OH])([OH])[OH]. The normalized spacial score (nSPS) is 20.2. The molecule has 0 amide bonds. The molecule has 0 aliphatic carbocycles. The van der Waals surface area contributed by atoms with E-state index in [2.05, 4.69) is 0 Å². The maximum absolute atomic E-state index is 8.12. The van der Waals surface area contributed by atoms with E-state index in [1.54, 1.807) is 0 Å². The molecule has 0 bridgehead atoms. The second kappa shape index (κ2) is 1.28. The van der Waals surface area contributed by atoms with Gasteiger partial charge < -0.3 is 0 Å². The van der Waals surface area contributed by atoms with E-state index in [1.165, 1.54) is 0 Å². The van der Waals surface area contributed by atoms with Crippen molar-refractivity contribution < 1.29 is 38.4 Å². The first-order valence-electron chi connectivity index (χ1n) is 0.849. The van der Waals surface area contributed by atoms with Crippen molar-refractivity contribution in [3.05, 3.63) is 0 Å². The molecule has 3 radical (unpaired) electrons. The molecule has 0 aliphatic rings. The minimum absolute atomic E-state index is 0. The fraction of sp³-hybridized carbons (Fsp3) is 0. The van der Waals surface area contributed by atoms with E-state index in [-0.39, 0.29) is 6.15 Å². The molecule has 0 saturated heterocycles. The van der Waals surface area contributed by atoms with Crippen molar-refractivity contribution >= 4 is 0 Å². The summed E-state index contributed by atoms with van der Waals surface area (Å²) in [5, 5.41) is 0. The van der Waals surface area contributed by atoms with E-state index in [4.69, 9.17) is 22.6 Å². The summed E-state index contributed by atoms with van der Waals surface area (Å²) < 4.78 is 44.5. The standard InChI is InChI=1S/N.6H2O.Pt/h;6*1H2;/q;;;;;;;+6/p-6. The zero-order valence-corrected chi connectivity index (χ0v) is 5.72. The summed E-state index contributed by atoms with van der Waals surface area (Å²) in [6.07, 6.45) is 0. The fourth-order valence-corrected chi connectivity index (χ4v) is 0. The van der Waals surface area contributed by atoms with Crippen molar-refractivity contribution in [1.29, 1.82) is 0 Å². The molecule has 57 valence electrons. The third-order valence-electron chi connectivity index (χ3n) is 0. The van der Waals surface area contributed by atoms with Gasteiger partial charge in [-0.3, -0.25) is 0 Å². The Morgan fingerprint density at radius 2 is 0.625 bits per heavy atom. The summed E-state index contributed by atoms with van der Waals surface area (Å²) in [6.45, 7) is 0. The molecule has 0 aliphatic heterocycles. The van der Waals surface area contributed by atoms with Crippen molar-refractivity contribution in [1.82, 2.24) is 6.15 Å². The second-order valence-corrected chi connectivity index (χ2v) is 7.77. The van der Waals surface area contributed by atoms with Crippen LogP contribution in [-0.4, -0.2) is 22.6 Å². The first kappa shape index (κ1) is 11.2. The van der Waals surface area contributed by atoms with Crippen LogP contribution in [0, 0.1) is 0 Å². The third kappa shape index (κ3) is 1120. The average molecular weight is 311 g/mol. The van der Waals surface area contributed by atoms with Crippen LogP contribution < -0.4 is 6.15 Å². The van der Waals surface area contributed by atoms with Crippen molar-refractivity contribution in [2.75, 3.05) is 0 Å². The fourth-order valence-electron chi connectivity index (χ4n) is 0. The van der Waals surface area contributed by atoms with Gasteiger partial charge in [0.2, 0.25) is 0 Å². The van der Waals surface area contributed by atoms with Crippen molar-refractivity contribution in [2.45, 2.75) is 0 Å². The van der Waals surface area contributed by atoms with E-state index in [0.29, 0.717) is 0 Å². The Labute approximate surface area is 45.3 Å². The Hall–Kier alpha value is 0.408. The molecule has 0 heterocycles. The van der Waals surface area contributed by atoms with E-state index >= 15 is 0 Å². The summed E-state index contributed by atoms with van der Waals surface area (Å²) >= 11 is -8.12. The van der Waals surface area contributed by atoms with Gasteiger partial charge in [0, 0.05) is 6.15 Å². The number of nitrogens with zero attached hydrogens (tertiary/aromatic N) is 1. The van der Waals surface area contributed by atoms with Crippen LogP contribution in [0.2, 0.25) is 0 Å². The first-order valence-corrected chi connectivity index (χ1v) is 6.95. The molecular weight excluding hydrogens is 305 g/mol. The molecule has 0 unspecified atom stereocenters. The molecule has 0 saturated carbocycles. The summed E-state index contributed by atoms with van der Waals surface area (Å²) in [4.78, 5) is 0. The molecule has 8 heavy (non-hydrogen) atoms. The summed E-state index contributed by atoms with van der Waals surface area (Å²) in [6, 6.07) is 0. The van der Waals surface area contributed by atoms with Gasteiger partial charge in [-0.05, 0) is 0 Å². The quantitative estimate of drug-likeness (QED) is 0.270. The van der Waals surface area contributed by atoms with Gasteiger partial charge in [0.25, 0.3) is 0 Å². The number of hydrogen-bond acceptors (Lipinski definition) is 6. The molecule has 0 aromatic heterocycles. The molecule has 0 aromatic carbocycles. The minimum atomic E-state index is -8.12. The Bertz CT molecular complexity index is 67.1. The third-order valence-corrected chi connectivity index (χ3v) is 0.